The molecule has 0 aliphatic carbocycles. The molecule has 1 aromatic rings. The standard InChI is InChI=1S/C12H10ClFOS/c1-8-11(14)6-5-10(12(8)13)4-3-7-16-9(2)15/h5-6H,7H2,1-2H3. The fraction of sp³-hybridized carbons (Fsp3) is 0.250. The van der Waals surface area contributed by atoms with Crippen LogP contribution in [0.1, 0.15) is 18.1 Å². The fourth-order valence-corrected chi connectivity index (χ4v) is 1.58. The summed E-state index contributed by atoms with van der Waals surface area (Å²) in [4.78, 5) is 10.6. The lowest BCUT2D eigenvalue weighted by molar-refractivity contribution is -0.109. The molecule has 4 heteroatoms. The summed E-state index contributed by atoms with van der Waals surface area (Å²) >= 11 is 7.06. The first-order valence-electron chi connectivity index (χ1n) is 4.59. The van der Waals surface area contributed by atoms with Gasteiger partial charge in [0.1, 0.15) is 5.82 Å². The van der Waals surface area contributed by atoms with E-state index in [-0.39, 0.29) is 10.9 Å². The molecule has 0 amide bonds. The Morgan fingerprint density at radius 3 is 2.88 bits per heavy atom. The van der Waals surface area contributed by atoms with Crippen LogP contribution in [0.2, 0.25) is 5.02 Å². The van der Waals surface area contributed by atoms with Crippen LogP contribution in [0.25, 0.3) is 0 Å². The van der Waals surface area contributed by atoms with Gasteiger partial charge in [-0.3, -0.25) is 4.79 Å². The van der Waals surface area contributed by atoms with Gasteiger partial charge in [-0.2, -0.15) is 0 Å². The predicted octanol–water partition coefficient (Wildman–Crippen LogP) is 3.42. The first-order chi connectivity index (χ1) is 7.52. The third-order valence-corrected chi connectivity index (χ3v) is 3.07. The van der Waals surface area contributed by atoms with Crippen molar-refractivity contribution in [1.29, 1.82) is 0 Å². The third kappa shape index (κ3) is 3.55. The van der Waals surface area contributed by atoms with Crippen molar-refractivity contribution in [1.82, 2.24) is 0 Å². The van der Waals surface area contributed by atoms with Crippen LogP contribution in [0.4, 0.5) is 4.39 Å². The summed E-state index contributed by atoms with van der Waals surface area (Å²) in [7, 11) is 0. The van der Waals surface area contributed by atoms with E-state index in [2.05, 4.69) is 11.8 Å². The van der Waals surface area contributed by atoms with E-state index in [0.29, 0.717) is 21.9 Å². The van der Waals surface area contributed by atoms with Crippen LogP contribution in [-0.2, 0) is 4.79 Å². The summed E-state index contributed by atoms with van der Waals surface area (Å²) in [5.41, 5.74) is 0.984. The minimum absolute atomic E-state index is 0.0238. The highest BCUT2D eigenvalue weighted by atomic mass is 35.5. The predicted molar refractivity (Wildman–Crippen MR) is 66.2 cm³/mol. The Kier molecular flexibility index (Phi) is 4.85. The zero-order chi connectivity index (χ0) is 12.1. The normalized spacial score (nSPS) is 9.50. The quantitative estimate of drug-likeness (QED) is 0.717. The molecule has 1 nitrogen and oxygen atoms in total. The highest BCUT2D eigenvalue weighted by molar-refractivity contribution is 8.13. The van der Waals surface area contributed by atoms with Crippen molar-refractivity contribution in [3.63, 3.8) is 0 Å². The Morgan fingerprint density at radius 1 is 1.56 bits per heavy atom. The molecular weight excluding hydrogens is 247 g/mol. The van der Waals surface area contributed by atoms with Gasteiger partial charge >= 0.3 is 0 Å². The van der Waals surface area contributed by atoms with E-state index in [1.807, 2.05) is 0 Å². The van der Waals surface area contributed by atoms with Crippen molar-refractivity contribution in [2.75, 3.05) is 5.75 Å². The Hall–Kier alpha value is -0.980. The number of benzene rings is 1. The summed E-state index contributed by atoms with van der Waals surface area (Å²) in [6.45, 7) is 3.09. The second-order valence-electron chi connectivity index (χ2n) is 3.12. The van der Waals surface area contributed by atoms with Crippen molar-refractivity contribution >= 4 is 28.5 Å². The van der Waals surface area contributed by atoms with Crippen LogP contribution in [0.15, 0.2) is 12.1 Å². The largest absolute Gasteiger partial charge is 0.288 e. The van der Waals surface area contributed by atoms with Gasteiger partial charge in [-0.25, -0.2) is 4.39 Å². The Labute approximate surface area is 103 Å². The van der Waals surface area contributed by atoms with E-state index in [9.17, 15) is 9.18 Å². The molecule has 0 radical (unpaired) electrons. The molecule has 0 N–H and O–H groups in total. The third-order valence-electron chi connectivity index (χ3n) is 1.89. The molecule has 0 aliphatic rings. The first kappa shape index (κ1) is 13.1. The molecule has 0 aliphatic heterocycles. The lowest BCUT2D eigenvalue weighted by Gasteiger charge is -2.01. The molecule has 0 bridgehead atoms. The van der Waals surface area contributed by atoms with Gasteiger partial charge in [-0.15, -0.1) is 0 Å². The minimum Gasteiger partial charge on any atom is -0.288 e. The second-order valence-corrected chi connectivity index (χ2v) is 4.65. The molecule has 1 rings (SSSR count). The zero-order valence-electron chi connectivity index (χ0n) is 8.93. The molecule has 0 heterocycles. The molecule has 0 aromatic heterocycles. The van der Waals surface area contributed by atoms with Crippen LogP contribution in [0.3, 0.4) is 0 Å². The molecule has 0 saturated carbocycles. The molecule has 1 aromatic carbocycles. The average Bonchev–Trinajstić information content (AvgIpc) is 2.23. The summed E-state index contributed by atoms with van der Waals surface area (Å²) in [6, 6.07) is 2.87. The van der Waals surface area contributed by atoms with Crippen LogP contribution in [-0.4, -0.2) is 10.9 Å². The van der Waals surface area contributed by atoms with E-state index in [1.54, 1.807) is 6.92 Å². The number of hydrogen-bond donors (Lipinski definition) is 0. The van der Waals surface area contributed by atoms with E-state index >= 15 is 0 Å². The summed E-state index contributed by atoms with van der Waals surface area (Å²) in [5.74, 6) is 5.70. The summed E-state index contributed by atoms with van der Waals surface area (Å²) in [5, 5.41) is 0.357. The zero-order valence-corrected chi connectivity index (χ0v) is 10.5. The lowest BCUT2D eigenvalue weighted by atomic mass is 10.1. The van der Waals surface area contributed by atoms with Crippen LogP contribution in [0.5, 0.6) is 0 Å². The monoisotopic (exact) mass is 256 g/mol. The lowest BCUT2D eigenvalue weighted by Crippen LogP contribution is -1.88. The highest BCUT2D eigenvalue weighted by Crippen LogP contribution is 2.22. The molecule has 0 fully saturated rings. The van der Waals surface area contributed by atoms with Gasteiger partial charge in [-0.05, 0) is 19.1 Å². The molecule has 0 atom stereocenters. The molecule has 0 spiro atoms. The van der Waals surface area contributed by atoms with Gasteiger partial charge in [0.25, 0.3) is 0 Å². The van der Waals surface area contributed by atoms with Crippen LogP contribution in [0, 0.1) is 24.6 Å². The second kappa shape index (κ2) is 5.93. The highest BCUT2D eigenvalue weighted by Gasteiger charge is 2.05. The van der Waals surface area contributed by atoms with E-state index < -0.39 is 0 Å². The van der Waals surface area contributed by atoms with Crippen molar-refractivity contribution in [3.8, 4) is 11.8 Å². The topological polar surface area (TPSA) is 17.1 Å². The van der Waals surface area contributed by atoms with Gasteiger partial charge in [-0.1, -0.05) is 35.2 Å². The number of hydrogen-bond acceptors (Lipinski definition) is 2. The molecule has 16 heavy (non-hydrogen) atoms. The van der Waals surface area contributed by atoms with Crippen LogP contribution >= 0.6 is 23.4 Å². The molecule has 0 unspecified atom stereocenters. The maximum absolute atomic E-state index is 13.1. The SMILES string of the molecule is CC(=O)SCC#Cc1ccc(F)c(C)c1Cl. The number of carbonyl (C=O) groups is 1. The average molecular weight is 257 g/mol. The Bertz CT molecular complexity index is 474. The van der Waals surface area contributed by atoms with E-state index in [0.717, 1.165) is 11.8 Å². The molecular formula is C12H10ClFOS. The van der Waals surface area contributed by atoms with Crippen molar-refractivity contribution < 1.29 is 9.18 Å². The summed E-state index contributed by atoms with van der Waals surface area (Å²) < 4.78 is 13.1. The molecule has 0 saturated heterocycles. The van der Waals surface area contributed by atoms with Gasteiger partial charge in [0.2, 0.25) is 0 Å². The number of thioether (sulfide) groups is 1. The van der Waals surface area contributed by atoms with Gasteiger partial charge in [0.05, 0.1) is 10.8 Å². The van der Waals surface area contributed by atoms with Crippen LogP contribution < -0.4 is 0 Å². The van der Waals surface area contributed by atoms with Gasteiger partial charge in [0, 0.05) is 18.1 Å². The van der Waals surface area contributed by atoms with Crippen molar-refractivity contribution in [3.05, 3.63) is 34.1 Å². The maximum atomic E-state index is 13.1. The maximum Gasteiger partial charge on any atom is 0.186 e. The number of halogens is 2. The summed E-state index contributed by atoms with van der Waals surface area (Å²) in [6.07, 6.45) is 0. The van der Waals surface area contributed by atoms with Gasteiger partial charge in [0.15, 0.2) is 5.12 Å². The Balaban J connectivity index is 2.82. The minimum atomic E-state index is -0.339. The number of rotatable bonds is 1. The van der Waals surface area contributed by atoms with Crippen molar-refractivity contribution in [2.24, 2.45) is 0 Å². The van der Waals surface area contributed by atoms with Gasteiger partial charge < -0.3 is 0 Å². The van der Waals surface area contributed by atoms with E-state index in [4.69, 9.17) is 11.6 Å². The smallest absolute Gasteiger partial charge is 0.186 e. The number of carbonyl (C=O) groups excluding carboxylic acids is 1. The fourth-order valence-electron chi connectivity index (χ4n) is 1.03. The van der Waals surface area contributed by atoms with Crippen molar-refractivity contribution in [2.45, 2.75) is 13.8 Å². The first-order valence-corrected chi connectivity index (χ1v) is 5.95. The molecule has 84 valence electrons. The van der Waals surface area contributed by atoms with E-state index in [1.165, 1.54) is 19.1 Å². The Morgan fingerprint density at radius 2 is 2.25 bits per heavy atom.